The molecule has 0 atom stereocenters. The summed E-state index contributed by atoms with van der Waals surface area (Å²) in [5, 5.41) is 18.9. The molecule has 0 aromatic carbocycles. The lowest BCUT2D eigenvalue weighted by Gasteiger charge is -2.08. The van der Waals surface area contributed by atoms with Crippen molar-refractivity contribution in [1.29, 1.82) is 0 Å². The number of nitro groups is 1. The van der Waals surface area contributed by atoms with Gasteiger partial charge in [-0.05, 0) is 0 Å². The molecule has 0 aliphatic heterocycles. The number of carbonyl (C=O) groups is 1. The van der Waals surface area contributed by atoms with Gasteiger partial charge in [-0.3, -0.25) is 14.9 Å². The molecule has 0 fully saturated rings. The van der Waals surface area contributed by atoms with Gasteiger partial charge in [0.15, 0.2) is 0 Å². The predicted molar refractivity (Wildman–Crippen MR) is 65.4 cm³/mol. The minimum atomic E-state index is -0.563. The van der Waals surface area contributed by atoms with Crippen molar-refractivity contribution in [1.82, 2.24) is 15.3 Å². The van der Waals surface area contributed by atoms with Crippen molar-refractivity contribution in [2.45, 2.75) is 6.92 Å². The first-order valence-electron chi connectivity index (χ1n) is 5.21. The second-order valence-corrected chi connectivity index (χ2v) is 3.34. The highest BCUT2D eigenvalue weighted by Crippen LogP contribution is 2.27. The van der Waals surface area contributed by atoms with Crippen LogP contribution in [-0.2, 0) is 4.79 Å². The van der Waals surface area contributed by atoms with E-state index in [9.17, 15) is 14.9 Å². The van der Waals surface area contributed by atoms with Crippen LogP contribution < -0.4 is 16.0 Å². The van der Waals surface area contributed by atoms with E-state index < -0.39 is 4.92 Å². The minimum Gasteiger partial charge on any atom is -0.367 e. The van der Waals surface area contributed by atoms with Gasteiger partial charge in [-0.1, -0.05) is 0 Å². The van der Waals surface area contributed by atoms with Crippen molar-refractivity contribution < 1.29 is 9.72 Å². The van der Waals surface area contributed by atoms with E-state index in [1.807, 2.05) is 0 Å². The fraction of sp³-hybridized carbons (Fsp3) is 0.444. The zero-order chi connectivity index (χ0) is 13.5. The molecule has 0 saturated heterocycles. The van der Waals surface area contributed by atoms with Crippen molar-refractivity contribution >= 4 is 23.2 Å². The van der Waals surface area contributed by atoms with Crippen LogP contribution in [-0.4, -0.2) is 40.9 Å². The number of nitrogens with one attached hydrogen (secondary N) is 3. The molecule has 0 spiro atoms. The maximum atomic E-state index is 10.9. The van der Waals surface area contributed by atoms with E-state index in [4.69, 9.17) is 0 Å². The summed E-state index contributed by atoms with van der Waals surface area (Å²) in [6, 6.07) is 0. The van der Waals surface area contributed by atoms with Gasteiger partial charge in [-0.2, -0.15) is 0 Å². The SMILES string of the molecule is CNc1ncnc(NCCNC(C)=O)c1[N+](=O)[O-]. The van der Waals surface area contributed by atoms with E-state index in [0.29, 0.717) is 13.1 Å². The molecule has 1 amide bonds. The number of rotatable bonds is 6. The quantitative estimate of drug-likeness (QED) is 0.370. The van der Waals surface area contributed by atoms with Crippen LogP contribution in [0.2, 0.25) is 0 Å². The van der Waals surface area contributed by atoms with Crippen molar-refractivity contribution in [3.05, 3.63) is 16.4 Å². The van der Waals surface area contributed by atoms with Gasteiger partial charge < -0.3 is 16.0 Å². The molecule has 18 heavy (non-hydrogen) atoms. The second-order valence-electron chi connectivity index (χ2n) is 3.34. The number of hydrogen-bond acceptors (Lipinski definition) is 7. The van der Waals surface area contributed by atoms with Gasteiger partial charge in [0, 0.05) is 27.1 Å². The number of carbonyl (C=O) groups excluding carboxylic acids is 1. The van der Waals surface area contributed by atoms with Crippen molar-refractivity contribution in [2.75, 3.05) is 30.8 Å². The molecule has 3 N–H and O–H groups in total. The zero-order valence-electron chi connectivity index (χ0n) is 10.1. The number of amides is 1. The van der Waals surface area contributed by atoms with Crippen LogP contribution in [0.5, 0.6) is 0 Å². The zero-order valence-corrected chi connectivity index (χ0v) is 10.1. The summed E-state index contributed by atoms with van der Waals surface area (Å²) in [7, 11) is 1.54. The molecular weight excluding hydrogens is 240 g/mol. The molecule has 0 saturated carbocycles. The highest BCUT2D eigenvalue weighted by molar-refractivity contribution is 5.73. The summed E-state index contributed by atoms with van der Waals surface area (Å²) < 4.78 is 0. The maximum absolute atomic E-state index is 10.9. The standard InChI is InChI=1S/C9H14N6O3/c1-6(16)11-3-4-12-9-7(15(17)18)8(10-2)13-5-14-9/h5H,3-4H2,1-2H3,(H,11,16)(H2,10,12,13,14). The molecule has 0 aliphatic rings. The van der Waals surface area contributed by atoms with Crippen LogP contribution in [0.3, 0.4) is 0 Å². The van der Waals surface area contributed by atoms with Gasteiger partial charge in [-0.25, -0.2) is 9.97 Å². The fourth-order valence-corrected chi connectivity index (χ4v) is 1.28. The molecule has 1 heterocycles. The predicted octanol–water partition coefficient (Wildman–Crippen LogP) is -0.0255. The fourth-order valence-electron chi connectivity index (χ4n) is 1.28. The lowest BCUT2D eigenvalue weighted by molar-refractivity contribution is -0.383. The number of hydrogen-bond donors (Lipinski definition) is 3. The van der Waals surface area contributed by atoms with Crippen molar-refractivity contribution in [2.24, 2.45) is 0 Å². The van der Waals surface area contributed by atoms with E-state index in [2.05, 4.69) is 25.9 Å². The van der Waals surface area contributed by atoms with Crippen molar-refractivity contribution in [3.8, 4) is 0 Å². The molecule has 0 radical (unpaired) electrons. The van der Waals surface area contributed by atoms with Gasteiger partial charge in [0.25, 0.3) is 0 Å². The van der Waals surface area contributed by atoms with Gasteiger partial charge >= 0.3 is 5.69 Å². The van der Waals surface area contributed by atoms with Crippen LogP contribution in [0.15, 0.2) is 6.33 Å². The van der Waals surface area contributed by atoms with Crippen LogP contribution in [0.4, 0.5) is 17.3 Å². The van der Waals surface area contributed by atoms with Crippen LogP contribution in [0.25, 0.3) is 0 Å². The average molecular weight is 254 g/mol. The van der Waals surface area contributed by atoms with Crippen LogP contribution in [0, 0.1) is 10.1 Å². The van der Waals surface area contributed by atoms with Crippen LogP contribution >= 0.6 is 0 Å². The van der Waals surface area contributed by atoms with E-state index in [-0.39, 0.29) is 23.2 Å². The normalized spacial score (nSPS) is 9.67. The first-order valence-corrected chi connectivity index (χ1v) is 5.21. The highest BCUT2D eigenvalue weighted by atomic mass is 16.6. The Hall–Kier alpha value is -2.45. The molecule has 0 bridgehead atoms. The summed E-state index contributed by atoms with van der Waals surface area (Å²) in [6.07, 6.45) is 1.22. The van der Waals surface area contributed by atoms with E-state index in [1.165, 1.54) is 20.3 Å². The molecule has 1 aromatic heterocycles. The number of anilines is 2. The molecule has 0 aliphatic carbocycles. The Bertz CT molecular complexity index is 450. The average Bonchev–Trinajstić information content (AvgIpc) is 2.33. The summed E-state index contributed by atoms with van der Waals surface area (Å²) in [5.74, 6) is 0.0895. The molecule has 98 valence electrons. The second kappa shape index (κ2) is 6.33. The Morgan fingerprint density at radius 3 is 2.61 bits per heavy atom. The summed E-state index contributed by atoms with van der Waals surface area (Å²) in [6.45, 7) is 2.08. The third kappa shape index (κ3) is 3.54. The van der Waals surface area contributed by atoms with Crippen LogP contribution in [0.1, 0.15) is 6.92 Å². The molecule has 9 heteroatoms. The molecule has 1 rings (SSSR count). The molecular formula is C9H14N6O3. The summed E-state index contributed by atoms with van der Waals surface area (Å²) in [5.41, 5.74) is -0.220. The first kappa shape index (κ1) is 13.6. The van der Waals surface area contributed by atoms with Gasteiger partial charge in [0.1, 0.15) is 6.33 Å². The van der Waals surface area contributed by atoms with Crippen molar-refractivity contribution in [3.63, 3.8) is 0 Å². The Kier molecular flexibility index (Phi) is 4.78. The molecule has 0 unspecified atom stereocenters. The summed E-state index contributed by atoms with van der Waals surface area (Å²) >= 11 is 0. The molecule has 9 nitrogen and oxygen atoms in total. The third-order valence-corrected chi connectivity index (χ3v) is 2.03. The largest absolute Gasteiger partial charge is 0.367 e. The smallest absolute Gasteiger partial charge is 0.353 e. The topological polar surface area (TPSA) is 122 Å². The van der Waals surface area contributed by atoms with Gasteiger partial charge in [0.2, 0.25) is 17.5 Å². The monoisotopic (exact) mass is 254 g/mol. The molecule has 1 aromatic rings. The van der Waals surface area contributed by atoms with Gasteiger partial charge in [-0.15, -0.1) is 0 Å². The summed E-state index contributed by atoms with van der Waals surface area (Å²) in [4.78, 5) is 28.6. The minimum absolute atomic E-state index is 0.115. The maximum Gasteiger partial charge on any atom is 0.353 e. The lowest BCUT2D eigenvalue weighted by Crippen LogP contribution is -2.26. The number of nitrogens with zero attached hydrogens (tertiary/aromatic N) is 3. The van der Waals surface area contributed by atoms with E-state index in [0.717, 1.165) is 0 Å². The Balaban J connectivity index is 2.75. The Morgan fingerprint density at radius 1 is 1.39 bits per heavy atom. The highest BCUT2D eigenvalue weighted by Gasteiger charge is 2.21. The third-order valence-electron chi connectivity index (χ3n) is 2.03. The van der Waals surface area contributed by atoms with E-state index >= 15 is 0 Å². The Morgan fingerprint density at radius 2 is 2.06 bits per heavy atom. The lowest BCUT2D eigenvalue weighted by atomic mass is 10.4. The number of aromatic nitrogens is 2. The van der Waals surface area contributed by atoms with Gasteiger partial charge in [0.05, 0.1) is 4.92 Å². The Labute approximate surface area is 103 Å². The van der Waals surface area contributed by atoms with E-state index in [1.54, 1.807) is 0 Å². The first-order chi connectivity index (χ1) is 8.56.